The number of hydrogen-bond acceptors (Lipinski definition) is 2. The second-order valence-electron chi connectivity index (χ2n) is 6.76. The molecule has 2 aliphatic rings. The first-order valence-electron chi connectivity index (χ1n) is 8.86. The molecule has 1 saturated carbocycles. The minimum Gasteiger partial charge on any atom is -0.353 e. The topological polar surface area (TPSA) is 32.3 Å². The van der Waals surface area contributed by atoms with Crippen molar-refractivity contribution in [2.75, 3.05) is 13.1 Å². The Morgan fingerprint density at radius 1 is 1.27 bits per heavy atom. The average molecular weight is 300 g/mol. The summed E-state index contributed by atoms with van der Waals surface area (Å²) in [6.07, 6.45) is 6.68. The van der Waals surface area contributed by atoms with E-state index in [2.05, 4.69) is 47.5 Å². The number of carbonyl (C=O) groups is 1. The molecule has 1 aromatic rings. The molecular weight excluding hydrogens is 272 g/mol. The molecule has 120 valence electrons. The third-order valence-electron chi connectivity index (χ3n) is 5.11. The molecular formula is C19H28N2O. The second kappa shape index (κ2) is 7.28. The van der Waals surface area contributed by atoms with Gasteiger partial charge in [0.2, 0.25) is 5.91 Å². The first-order valence-corrected chi connectivity index (χ1v) is 8.86. The molecule has 0 aromatic heterocycles. The fourth-order valence-corrected chi connectivity index (χ4v) is 3.79. The molecule has 2 unspecified atom stereocenters. The normalized spacial score (nSPS) is 23.4. The third kappa shape index (κ3) is 3.89. The predicted octanol–water partition coefficient (Wildman–Crippen LogP) is 3.31. The number of likely N-dealkylation sites (tertiary alicyclic amines) is 1. The standard InChI is InChI=1S/C19H28N2O/c1-2-17(15-7-4-3-5-8-15)18-9-6-13-21(18)14-12-19(22)20-16-10-11-16/h3-5,7-8,16-18H,2,6,9-14H2,1H3,(H,20,22). The molecule has 0 radical (unpaired) electrons. The van der Waals surface area contributed by atoms with Gasteiger partial charge in [-0.2, -0.15) is 0 Å². The van der Waals surface area contributed by atoms with E-state index in [1.807, 2.05) is 0 Å². The van der Waals surface area contributed by atoms with Gasteiger partial charge in [0.1, 0.15) is 0 Å². The van der Waals surface area contributed by atoms with Gasteiger partial charge in [-0.3, -0.25) is 9.69 Å². The highest BCUT2D eigenvalue weighted by molar-refractivity contribution is 5.76. The van der Waals surface area contributed by atoms with Crippen molar-refractivity contribution in [1.29, 1.82) is 0 Å². The van der Waals surface area contributed by atoms with Crippen molar-refractivity contribution in [1.82, 2.24) is 10.2 Å². The van der Waals surface area contributed by atoms with Gasteiger partial charge in [-0.15, -0.1) is 0 Å². The fraction of sp³-hybridized carbons (Fsp3) is 0.632. The summed E-state index contributed by atoms with van der Waals surface area (Å²) in [5.41, 5.74) is 1.45. The van der Waals surface area contributed by atoms with Crippen LogP contribution in [-0.4, -0.2) is 36.0 Å². The molecule has 1 N–H and O–H groups in total. The maximum absolute atomic E-state index is 11.9. The molecule has 22 heavy (non-hydrogen) atoms. The van der Waals surface area contributed by atoms with Crippen LogP contribution in [0.1, 0.15) is 56.9 Å². The first kappa shape index (κ1) is 15.5. The van der Waals surface area contributed by atoms with Crippen molar-refractivity contribution >= 4 is 5.91 Å². The Labute approximate surface area is 134 Å². The van der Waals surface area contributed by atoms with Crippen molar-refractivity contribution in [2.45, 2.75) is 63.5 Å². The quantitative estimate of drug-likeness (QED) is 0.838. The number of amides is 1. The van der Waals surface area contributed by atoms with Crippen molar-refractivity contribution < 1.29 is 4.79 Å². The van der Waals surface area contributed by atoms with Gasteiger partial charge in [0, 0.05) is 25.0 Å². The molecule has 0 spiro atoms. The molecule has 1 heterocycles. The van der Waals surface area contributed by atoms with Gasteiger partial charge >= 0.3 is 0 Å². The van der Waals surface area contributed by atoms with Crippen LogP contribution in [0.4, 0.5) is 0 Å². The lowest BCUT2D eigenvalue weighted by Gasteiger charge is -2.31. The van der Waals surface area contributed by atoms with Crippen LogP contribution in [0.15, 0.2) is 30.3 Å². The van der Waals surface area contributed by atoms with Crippen molar-refractivity contribution in [3.05, 3.63) is 35.9 Å². The van der Waals surface area contributed by atoms with Crippen LogP contribution in [0.3, 0.4) is 0 Å². The lowest BCUT2D eigenvalue weighted by atomic mass is 9.87. The van der Waals surface area contributed by atoms with Crippen LogP contribution in [-0.2, 0) is 4.79 Å². The largest absolute Gasteiger partial charge is 0.353 e. The van der Waals surface area contributed by atoms with Crippen LogP contribution in [0, 0.1) is 0 Å². The molecule has 1 aromatic carbocycles. The van der Waals surface area contributed by atoms with E-state index in [0.29, 0.717) is 24.4 Å². The van der Waals surface area contributed by atoms with Crippen molar-refractivity contribution in [2.24, 2.45) is 0 Å². The van der Waals surface area contributed by atoms with E-state index in [-0.39, 0.29) is 5.91 Å². The lowest BCUT2D eigenvalue weighted by molar-refractivity contribution is -0.121. The number of rotatable bonds is 7. The van der Waals surface area contributed by atoms with Gasteiger partial charge in [0.25, 0.3) is 0 Å². The smallest absolute Gasteiger partial charge is 0.221 e. The Balaban J connectivity index is 1.57. The SMILES string of the molecule is CCC(c1ccccc1)C1CCCN1CCC(=O)NC1CC1. The van der Waals surface area contributed by atoms with Crippen LogP contribution in [0.25, 0.3) is 0 Å². The van der Waals surface area contributed by atoms with Gasteiger partial charge in [-0.1, -0.05) is 37.3 Å². The fourth-order valence-electron chi connectivity index (χ4n) is 3.79. The average Bonchev–Trinajstić information content (AvgIpc) is 3.23. The van der Waals surface area contributed by atoms with Gasteiger partial charge in [0.15, 0.2) is 0 Å². The number of hydrogen-bond donors (Lipinski definition) is 1. The number of nitrogens with zero attached hydrogens (tertiary/aromatic N) is 1. The molecule has 3 rings (SSSR count). The number of carbonyl (C=O) groups excluding carboxylic acids is 1. The Bertz CT molecular complexity index is 483. The van der Waals surface area contributed by atoms with E-state index >= 15 is 0 Å². The summed E-state index contributed by atoms with van der Waals surface area (Å²) in [5.74, 6) is 0.830. The minimum atomic E-state index is 0.237. The monoisotopic (exact) mass is 300 g/mol. The summed E-state index contributed by atoms with van der Waals surface area (Å²) in [7, 11) is 0. The van der Waals surface area contributed by atoms with E-state index in [4.69, 9.17) is 0 Å². The Morgan fingerprint density at radius 2 is 2.05 bits per heavy atom. The van der Waals surface area contributed by atoms with Crippen molar-refractivity contribution in [3.63, 3.8) is 0 Å². The minimum absolute atomic E-state index is 0.237. The van der Waals surface area contributed by atoms with Gasteiger partial charge < -0.3 is 5.32 Å². The van der Waals surface area contributed by atoms with Crippen LogP contribution in [0.2, 0.25) is 0 Å². The van der Waals surface area contributed by atoms with Crippen molar-refractivity contribution in [3.8, 4) is 0 Å². The molecule has 0 bridgehead atoms. The Hall–Kier alpha value is -1.35. The zero-order chi connectivity index (χ0) is 15.4. The lowest BCUT2D eigenvalue weighted by Crippen LogP contribution is -2.37. The number of benzene rings is 1. The van der Waals surface area contributed by atoms with Gasteiger partial charge in [0.05, 0.1) is 0 Å². The number of nitrogens with one attached hydrogen (secondary N) is 1. The highest BCUT2D eigenvalue weighted by Crippen LogP contribution is 2.33. The predicted molar refractivity (Wildman–Crippen MR) is 89.9 cm³/mol. The maximum Gasteiger partial charge on any atom is 0.221 e. The summed E-state index contributed by atoms with van der Waals surface area (Å²) in [4.78, 5) is 14.5. The van der Waals surface area contributed by atoms with E-state index in [1.54, 1.807) is 0 Å². The van der Waals surface area contributed by atoms with Crippen LogP contribution < -0.4 is 5.32 Å². The molecule has 2 fully saturated rings. The van der Waals surface area contributed by atoms with E-state index < -0.39 is 0 Å². The van der Waals surface area contributed by atoms with Crippen LogP contribution >= 0.6 is 0 Å². The zero-order valence-electron chi connectivity index (χ0n) is 13.6. The summed E-state index contributed by atoms with van der Waals surface area (Å²) >= 11 is 0. The Kier molecular flexibility index (Phi) is 5.14. The highest BCUT2D eigenvalue weighted by atomic mass is 16.1. The maximum atomic E-state index is 11.9. The van der Waals surface area contributed by atoms with E-state index in [0.717, 1.165) is 13.1 Å². The summed E-state index contributed by atoms with van der Waals surface area (Å²) < 4.78 is 0. The molecule has 1 saturated heterocycles. The summed E-state index contributed by atoms with van der Waals surface area (Å²) in [6.45, 7) is 4.34. The molecule has 3 nitrogen and oxygen atoms in total. The molecule has 1 amide bonds. The first-order chi connectivity index (χ1) is 10.8. The molecule has 1 aliphatic heterocycles. The summed E-state index contributed by atoms with van der Waals surface area (Å²) in [5, 5.41) is 3.10. The Morgan fingerprint density at radius 3 is 2.73 bits per heavy atom. The van der Waals surface area contributed by atoms with Gasteiger partial charge in [-0.25, -0.2) is 0 Å². The molecule has 1 aliphatic carbocycles. The summed E-state index contributed by atoms with van der Waals surface area (Å²) in [6, 6.07) is 12.0. The van der Waals surface area contributed by atoms with Gasteiger partial charge in [-0.05, 0) is 50.1 Å². The van der Waals surface area contributed by atoms with E-state index in [1.165, 1.54) is 37.7 Å². The van der Waals surface area contributed by atoms with Crippen LogP contribution in [0.5, 0.6) is 0 Å². The molecule has 2 atom stereocenters. The van der Waals surface area contributed by atoms with E-state index in [9.17, 15) is 4.79 Å². The second-order valence-corrected chi connectivity index (χ2v) is 6.76. The zero-order valence-corrected chi connectivity index (χ0v) is 13.6. The highest BCUT2D eigenvalue weighted by Gasteiger charge is 2.32. The molecule has 3 heteroatoms. The third-order valence-corrected chi connectivity index (χ3v) is 5.11.